The summed E-state index contributed by atoms with van der Waals surface area (Å²) in [5.74, 6) is 0. The van der Waals surface area contributed by atoms with Gasteiger partial charge in [0.1, 0.15) is 0 Å². The number of hydrogen-bond donors (Lipinski definition) is 1. The first-order chi connectivity index (χ1) is 9.30. The first-order valence-electron chi connectivity index (χ1n) is 7.19. The van der Waals surface area contributed by atoms with Crippen molar-refractivity contribution in [3.63, 3.8) is 0 Å². The highest BCUT2D eigenvalue weighted by molar-refractivity contribution is 5.47. The van der Waals surface area contributed by atoms with Gasteiger partial charge in [-0.25, -0.2) is 0 Å². The lowest BCUT2D eigenvalue weighted by molar-refractivity contribution is 0.205. The molecule has 2 rings (SSSR count). The molecule has 1 saturated carbocycles. The van der Waals surface area contributed by atoms with Gasteiger partial charge in [0.15, 0.2) is 0 Å². The molecule has 0 spiro atoms. The molecule has 0 bridgehead atoms. The van der Waals surface area contributed by atoms with Crippen molar-refractivity contribution < 1.29 is 4.74 Å². The summed E-state index contributed by atoms with van der Waals surface area (Å²) in [7, 11) is 3.74. The highest BCUT2D eigenvalue weighted by Crippen LogP contribution is 2.31. The molecule has 1 aromatic rings. The maximum absolute atomic E-state index is 5.20. The normalized spacial score (nSPS) is 16.4. The lowest BCUT2D eigenvalue weighted by Crippen LogP contribution is -2.29. The van der Waals surface area contributed by atoms with E-state index in [4.69, 9.17) is 4.74 Å². The number of rotatable bonds is 8. The summed E-state index contributed by atoms with van der Waals surface area (Å²) in [6.07, 6.45) is 5.64. The first-order valence-corrected chi connectivity index (χ1v) is 7.19. The monoisotopic (exact) mass is 263 g/mol. The van der Waals surface area contributed by atoms with E-state index >= 15 is 0 Å². The second-order valence-corrected chi connectivity index (χ2v) is 5.11. The van der Waals surface area contributed by atoms with Crippen molar-refractivity contribution in [1.29, 1.82) is 0 Å². The zero-order valence-corrected chi connectivity index (χ0v) is 12.2. The molecule has 1 aliphatic rings. The van der Waals surface area contributed by atoms with E-state index in [1.54, 1.807) is 7.11 Å². The van der Waals surface area contributed by atoms with E-state index in [0.29, 0.717) is 12.1 Å². The molecule has 1 N–H and O–H groups in total. The molecule has 19 heavy (non-hydrogen) atoms. The predicted octanol–water partition coefficient (Wildman–Crippen LogP) is 2.37. The summed E-state index contributed by atoms with van der Waals surface area (Å²) < 4.78 is 5.20. The third kappa shape index (κ3) is 3.67. The van der Waals surface area contributed by atoms with Gasteiger partial charge in [0.25, 0.3) is 0 Å². The molecule has 106 valence electrons. The summed E-state index contributed by atoms with van der Waals surface area (Å²) in [6.45, 7) is 3.89. The largest absolute Gasteiger partial charge is 0.383 e. The van der Waals surface area contributed by atoms with Crippen molar-refractivity contribution in [2.45, 2.75) is 38.3 Å². The molecule has 4 heteroatoms. The lowest BCUT2D eigenvalue weighted by Gasteiger charge is -2.24. The van der Waals surface area contributed by atoms with Gasteiger partial charge in [-0.15, -0.1) is 0 Å². The number of hydrogen-bond acceptors (Lipinski definition) is 4. The Morgan fingerprint density at radius 3 is 2.74 bits per heavy atom. The minimum Gasteiger partial charge on any atom is -0.383 e. The van der Waals surface area contributed by atoms with Crippen LogP contribution in [0.5, 0.6) is 0 Å². The van der Waals surface area contributed by atoms with Crippen molar-refractivity contribution in [2.75, 3.05) is 32.2 Å². The van der Waals surface area contributed by atoms with Crippen LogP contribution in [0.25, 0.3) is 0 Å². The molecule has 0 aromatic carbocycles. The van der Waals surface area contributed by atoms with Gasteiger partial charge < -0.3 is 15.0 Å². The molecule has 1 heterocycles. The smallest absolute Gasteiger partial charge is 0.0637 e. The number of nitrogens with zero attached hydrogens (tertiary/aromatic N) is 2. The van der Waals surface area contributed by atoms with Crippen LogP contribution in [0.4, 0.5) is 5.69 Å². The van der Waals surface area contributed by atoms with Crippen molar-refractivity contribution in [1.82, 2.24) is 10.3 Å². The molecular formula is C15H25N3O. The summed E-state index contributed by atoms with van der Waals surface area (Å²) in [6, 6.07) is 5.37. The minimum absolute atomic E-state index is 0.349. The summed E-state index contributed by atoms with van der Waals surface area (Å²) in [4.78, 5) is 7.03. The molecule has 1 atom stereocenters. The Morgan fingerprint density at radius 1 is 1.47 bits per heavy atom. The molecule has 1 aromatic heterocycles. The molecule has 1 fully saturated rings. The fraction of sp³-hybridized carbons (Fsp3) is 0.667. The van der Waals surface area contributed by atoms with Gasteiger partial charge in [-0.05, 0) is 38.4 Å². The van der Waals surface area contributed by atoms with Crippen molar-refractivity contribution in [3.05, 3.63) is 24.0 Å². The SMILES string of the molecule is CCC(NC)c1ccc(N(CCOC)C2CC2)cn1. The molecule has 0 aliphatic heterocycles. The van der Waals surface area contributed by atoms with Crippen LogP contribution in [-0.2, 0) is 4.74 Å². The number of anilines is 1. The molecular weight excluding hydrogens is 238 g/mol. The van der Waals surface area contributed by atoms with Crippen LogP contribution in [0.15, 0.2) is 18.3 Å². The van der Waals surface area contributed by atoms with E-state index in [0.717, 1.165) is 25.3 Å². The summed E-state index contributed by atoms with van der Waals surface area (Å²) in [5, 5.41) is 3.29. The van der Waals surface area contributed by atoms with Gasteiger partial charge in [-0.1, -0.05) is 6.92 Å². The van der Waals surface area contributed by atoms with Crippen LogP contribution in [-0.4, -0.2) is 38.3 Å². The highest BCUT2D eigenvalue weighted by Gasteiger charge is 2.29. The van der Waals surface area contributed by atoms with E-state index in [2.05, 4.69) is 34.3 Å². The van der Waals surface area contributed by atoms with Gasteiger partial charge in [-0.2, -0.15) is 0 Å². The summed E-state index contributed by atoms with van der Waals surface area (Å²) in [5.41, 5.74) is 2.34. The van der Waals surface area contributed by atoms with E-state index in [-0.39, 0.29) is 0 Å². The van der Waals surface area contributed by atoms with Crippen LogP contribution in [0, 0.1) is 0 Å². The van der Waals surface area contributed by atoms with E-state index in [1.807, 2.05) is 13.2 Å². The van der Waals surface area contributed by atoms with Gasteiger partial charge in [0, 0.05) is 25.7 Å². The van der Waals surface area contributed by atoms with Crippen LogP contribution in [0.1, 0.15) is 37.9 Å². The van der Waals surface area contributed by atoms with Crippen molar-refractivity contribution in [3.8, 4) is 0 Å². The third-order valence-corrected chi connectivity index (χ3v) is 3.74. The third-order valence-electron chi connectivity index (χ3n) is 3.74. The Balaban J connectivity index is 2.06. The second kappa shape index (κ2) is 6.87. The Morgan fingerprint density at radius 2 is 2.26 bits per heavy atom. The van der Waals surface area contributed by atoms with E-state index in [1.165, 1.54) is 18.5 Å². The quantitative estimate of drug-likeness (QED) is 0.781. The fourth-order valence-electron chi connectivity index (χ4n) is 2.43. The van der Waals surface area contributed by atoms with Crippen LogP contribution in [0.2, 0.25) is 0 Å². The highest BCUT2D eigenvalue weighted by atomic mass is 16.5. The Bertz CT molecular complexity index is 371. The molecule has 0 radical (unpaired) electrons. The maximum atomic E-state index is 5.20. The fourth-order valence-corrected chi connectivity index (χ4v) is 2.43. The van der Waals surface area contributed by atoms with E-state index < -0.39 is 0 Å². The number of pyridine rings is 1. The predicted molar refractivity (Wildman–Crippen MR) is 78.6 cm³/mol. The van der Waals surface area contributed by atoms with Crippen molar-refractivity contribution in [2.24, 2.45) is 0 Å². The van der Waals surface area contributed by atoms with Crippen LogP contribution >= 0.6 is 0 Å². The van der Waals surface area contributed by atoms with Crippen LogP contribution < -0.4 is 10.2 Å². The topological polar surface area (TPSA) is 37.4 Å². The average molecular weight is 263 g/mol. The first kappa shape index (κ1) is 14.3. The number of ether oxygens (including phenoxy) is 1. The molecule has 1 aliphatic carbocycles. The van der Waals surface area contributed by atoms with Gasteiger partial charge in [0.2, 0.25) is 0 Å². The second-order valence-electron chi connectivity index (χ2n) is 5.11. The van der Waals surface area contributed by atoms with Gasteiger partial charge in [0.05, 0.1) is 24.2 Å². The van der Waals surface area contributed by atoms with Crippen LogP contribution in [0.3, 0.4) is 0 Å². The zero-order valence-electron chi connectivity index (χ0n) is 12.2. The molecule has 0 saturated heterocycles. The Labute approximate surface area is 116 Å². The standard InChI is InChI=1S/C15H25N3O/c1-4-14(16-2)15-8-7-13(11-17-15)18(9-10-19-3)12-5-6-12/h7-8,11-12,14,16H,4-6,9-10H2,1-3H3. The number of nitrogens with one attached hydrogen (secondary N) is 1. The number of aromatic nitrogens is 1. The summed E-state index contributed by atoms with van der Waals surface area (Å²) >= 11 is 0. The van der Waals surface area contributed by atoms with Crippen molar-refractivity contribution >= 4 is 5.69 Å². The lowest BCUT2D eigenvalue weighted by atomic mass is 10.1. The maximum Gasteiger partial charge on any atom is 0.0637 e. The average Bonchev–Trinajstić information content (AvgIpc) is 3.27. The molecule has 4 nitrogen and oxygen atoms in total. The zero-order chi connectivity index (χ0) is 13.7. The Hall–Kier alpha value is -1.13. The molecule has 1 unspecified atom stereocenters. The minimum atomic E-state index is 0.349. The molecule has 0 amide bonds. The Kier molecular flexibility index (Phi) is 5.16. The van der Waals surface area contributed by atoms with E-state index in [9.17, 15) is 0 Å². The number of methoxy groups -OCH3 is 1. The van der Waals surface area contributed by atoms with Gasteiger partial charge in [-0.3, -0.25) is 4.98 Å². The van der Waals surface area contributed by atoms with Gasteiger partial charge >= 0.3 is 0 Å².